The number of rotatable bonds is 7. The zero-order valence-corrected chi connectivity index (χ0v) is 16.1. The Bertz CT molecular complexity index is 937. The van der Waals surface area contributed by atoms with E-state index >= 15 is 0 Å². The SMILES string of the molecule is CNSc1cc(C(=N)/C(C)=C(/NC(N)=O)Nc2ccccc2)cn(C)c1=O. The summed E-state index contributed by atoms with van der Waals surface area (Å²) in [5.41, 5.74) is 7.01. The van der Waals surface area contributed by atoms with Crippen LogP contribution in [-0.4, -0.2) is 23.4 Å². The molecule has 0 aliphatic carbocycles. The van der Waals surface area contributed by atoms with E-state index in [0.29, 0.717) is 21.9 Å². The monoisotopic (exact) mass is 386 g/mol. The molecule has 1 aromatic heterocycles. The fourth-order valence-corrected chi connectivity index (χ4v) is 2.99. The molecule has 0 saturated carbocycles. The predicted molar refractivity (Wildman–Crippen MR) is 109 cm³/mol. The number of aryl methyl sites for hydroxylation is 1. The van der Waals surface area contributed by atoms with Crippen molar-refractivity contribution in [3.63, 3.8) is 0 Å². The maximum Gasteiger partial charge on any atom is 0.317 e. The summed E-state index contributed by atoms with van der Waals surface area (Å²) in [6.07, 6.45) is 1.58. The molecule has 142 valence electrons. The number of carbonyl (C=O) groups excluding carboxylic acids is 1. The van der Waals surface area contributed by atoms with Crippen LogP contribution in [0, 0.1) is 5.41 Å². The van der Waals surface area contributed by atoms with Crippen molar-refractivity contribution in [1.29, 1.82) is 5.41 Å². The van der Waals surface area contributed by atoms with Crippen LogP contribution in [0.15, 0.2) is 63.7 Å². The van der Waals surface area contributed by atoms with E-state index in [2.05, 4.69) is 15.4 Å². The van der Waals surface area contributed by atoms with Crippen LogP contribution < -0.4 is 26.6 Å². The molecular weight excluding hydrogens is 364 g/mol. The second-order valence-electron chi connectivity index (χ2n) is 5.67. The van der Waals surface area contributed by atoms with E-state index in [1.54, 1.807) is 33.3 Å². The van der Waals surface area contributed by atoms with Gasteiger partial charge in [-0.3, -0.25) is 20.2 Å². The number of hydrogen-bond acceptors (Lipinski definition) is 6. The van der Waals surface area contributed by atoms with E-state index in [-0.39, 0.29) is 11.3 Å². The zero-order valence-electron chi connectivity index (χ0n) is 15.3. The van der Waals surface area contributed by atoms with E-state index in [1.165, 1.54) is 16.5 Å². The lowest BCUT2D eigenvalue weighted by Gasteiger charge is -2.16. The van der Waals surface area contributed by atoms with Gasteiger partial charge in [0.25, 0.3) is 5.56 Å². The van der Waals surface area contributed by atoms with Crippen LogP contribution in [0.25, 0.3) is 0 Å². The Kier molecular flexibility index (Phi) is 6.80. The van der Waals surface area contributed by atoms with Gasteiger partial charge in [0.15, 0.2) is 0 Å². The average Bonchev–Trinajstić information content (AvgIpc) is 2.64. The highest BCUT2D eigenvalue weighted by atomic mass is 32.2. The van der Waals surface area contributed by atoms with Gasteiger partial charge in [-0.05, 0) is 44.1 Å². The van der Waals surface area contributed by atoms with Gasteiger partial charge in [-0.25, -0.2) is 4.79 Å². The molecule has 0 aliphatic heterocycles. The van der Waals surface area contributed by atoms with Gasteiger partial charge >= 0.3 is 6.03 Å². The van der Waals surface area contributed by atoms with Crippen LogP contribution in [-0.2, 0) is 7.05 Å². The molecule has 0 aliphatic rings. The number of amides is 2. The lowest BCUT2D eigenvalue weighted by molar-refractivity contribution is 0.251. The molecule has 27 heavy (non-hydrogen) atoms. The average molecular weight is 386 g/mol. The second-order valence-corrected chi connectivity index (χ2v) is 6.72. The molecule has 1 heterocycles. The van der Waals surface area contributed by atoms with Crippen LogP contribution in [0.1, 0.15) is 12.5 Å². The van der Waals surface area contributed by atoms with Crippen LogP contribution in [0.3, 0.4) is 0 Å². The number of pyridine rings is 1. The molecule has 0 bridgehead atoms. The standard InChI is InChI=1S/C18H22N6O2S/c1-11(16(23-18(20)26)22-13-7-5-4-6-8-13)15(19)12-9-14(27-21-2)17(25)24(3)10-12/h4-10,19,21-22H,1-3H3,(H3,20,23,26)/b16-11+,19-15?. The Hall–Kier alpha value is -3.04. The molecule has 9 heteroatoms. The summed E-state index contributed by atoms with van der Waals surface area (Å²) in [4.78, 5) is 24.0. The van der Waals surface area contributed by atoms with Crippen molar-refractivity contribution in [3.05, 3.63) is 69.9 Å². The fourth-order valence-electron chi connectivity index (χ4n) is 2.35. The summed E-state index contributed by atoms with van der Waals surface area (Å²) >= 11 is 1.18. The summed E-state index contributed by atoms with van der Waals surface area (Å²) in [5.74, 6) is 0.301. The molecule has 0 unspecified atom stereocenters. The topological polar surface area (TPSA) is 125 Å². The Morgan fingerprint density at radius 3 is 2.52 bits per heavy atom. The molecule has 0 atom stereocenters. The maximum atomic E-state index is 12.2. The number of urea groups is 1. The number of nitrogens with one attached hydrogen (secondary N) is 4. The van der Waals surface area contributed by atoms with Crippen molar-refractivity contribution in [2.24, 2.45) is 12.8 Å². The van der Waals surface area contributed by atoms with Gasteiger partial charge in [0.2, 0.25) is 0 Å². The third-order valence-electron chi connectivity index (χ3n) is 3.69. The van der Waals surface area contributed by atoms with Gasteiger partial charge in [0.1, 0.15) is 5.82 Å². The molecule has 0 spiro atoms. The summed E-state index contributed by atoms with van der Waals surface area (Å²) in [6, 6.07) is 10.1. The van der Waals surface area contributed by atoms with E-state index < -0.39 is 6.03 Å². The normalized spacial score (nSPS) is 11.5. The molecule has 0 saturated heterocycles. The minimum atomic E-state index is -0.743. The van der Waals surface area contributed by atoms with Gasteiger partial charge in [-0.15, -0.1) is 0 Å². The van der Waals surface area contributed by atoms with Crippen molar-refractivity contribution in [2.75, 3.05) is 12.4 Å². The van der Waals surface area contributed by atoms with Crippen LogP contribution >= 0.6 is 11.9 Å². The van der Waals surface area contributed by atoms with Crippen molar-refractivity contribution in [3.8, 4) is 0 Å². The molecule has 2 rings (SSSR count). The molecular formula is C18H22N6O2S. The lowest BCUT2D eigenvalue weighted by Crippen LogP contribution is -2.33. The van der Waals surface area contributed by atoms with Crippen LogP contribution in [0.2, 0.25) is 0 Å². The van der Waals surface area contributed by atoms with Crippen LogP contribution in [0.4, 0.5) is 10.5 Å². The third kappa shape index (κ3) is 5.22. The minimum Gasteiger partial charge on any atom is -0.351 e. The summed E-state index contributed by atoms with van der Waals surface area (Å²) in [7, 11) is 3.34. The third-order valence-corrected chi connectivity index (χ3v) is 4.41. The highest BCUT2D eigenvalue weighted by Crippen LogP contribution is 2.17. The van der Waals surface area contributed by atoms with Crippen molar-refractivity contribution in [1.82, 2.24) is 14.6 Å². The summed E-state index contributed by atoms with van der Waals surface area (Å²) in [6.45, 7) is 1.69. The van der Waals surface area contributed by atoms with Crippen molar-refractivity contribution < 1.29 is 4.79 Å². The second kappa shape index (κ2) is 9.06. The van der Waals surface area contributed by atoms with E-state index in [0.717, 1.165) is 5.69 Å². The zero-order chi connectivity index (χ0) is 20.0. The number of aromatic nitrogens is 1. The lowest BCUT2D eigenvalue weighted by atomic mass is 10.1. The molecule has 1 aromatic carbocycles. The number of allylic oxidation sites excluding steroid dienone is 1. The first-order chi connectivity index (χ1) is 12.8. The van der Waals surface area contributed by atoms with E-state index in [1.807, 2.05) is 30.3 Å². The first-order valence-electron chi connectivity index (χ1n) is 8.06. The van der Waals surface area contributed by atoms with Gasteiger partial charge in [-0.1, -0.05) is 18.2 Å². The first kappa shape index (κ1) is 20.3. The van der Waals surface area contributed by atoms with Crippen molar-refractivity contribution in [2.45, 2.75) is 11.8 Å². The number of primary amides is 1. The fraction of sp³-hybridized carbons (Fsp3) is 0.167. The number of carbonyl (C=O) groups is 1. The Morgan fingerprint density at radius 2 is 1.93 bits per heavy atom. The molecule has 0 radical (unpaired) electrons. The Morgan fingerprint density at radius 1 is 1.26 bits per heavy atom. The van der Waals surface area contributed by atoms with Gasteiger partial charge in [-0.2, -0.15) is 0 Å². The van der Waals surface area contributed by atoms with Crippen molar-refractivity contribution >= 4 is 29.4 Å². The quantitative estimate of drug-likeness (QED) is 0.368. The Labute approximate surface area is 161 Å². The Balaban J connectivity index is 2.45. The minimum absolute atomic E-state index is 0.149. The molecule has 2 aromatic rings. The maximum absolute atomic E-state index is 12.2. The molecule has 6 N–H and O–H groups in total. The molecule has 8 nitrogen and oxygen atoms in total. The summed E-state index contributed by atoms with van der Waals surface area (Å²) < 4.78 is 4.28. The predicted octanol–water partition coefficient (Wildman–Crippen LogP) is 1.99. The van der Waals surface area contributed by atoms with Gasteiger partial charge < -0.3 is 15.6 Å². The number of benzene rings is 1. The van der Waals surface area contributed by atoms with Crippen LogP contribution in [0.5, 0.6) is 0 Å². The molecule has 0 fully saturated rings. The smallest absolute Gasteiger partial charge is 0.317 e. The first-order valence-corrected chi connectivity index (χ1v) is 8.88. The number of nitrogens with two attached hydrogens (primary N) is 1. The molecule has 2 amide bonds. The number of para-hydroxylation sites is 1. The largest absolute Gasteiger partial charge is 0.351 e. The van der Waals surface area contributed by atoms with Gasteiger partial charge in [0, 0.05) is 30.1 Å². The highest BCUT2D eigenvalue weighted by molar-refractivity contribution is 7.97. The van der Waals surface area contributed by atoms with E-state index in [9.17, 15) is 9.59 Å². The number of anilines is 1. The number of hydrogen-bond donors (Lipinski definition) is 5. The van der Waals surface area contributed by atoms with Gasteiger partial charge in [0.05, 0.1) is 10.6 Å². The van der Waals surface area contributed by atoms with E-state index in [4.69, 9.17) is 11.1 Å². The highest BCUT2D eigenvalue weighted by Gasteiger charge is 2.15. The number of nitrogens with zero attached hydrogens (tertiary/aromatic N) is 1. The summed E-state index contributed by atoms with van der Waals surface area (Å²) in [5, 5.41) is 14.1.